The summed E-state index contributed by atoms with van der Waals surface area (Å²) in [6, 6.07) is 0. The van der Waals surface area contributed by atoms with Crippen LogP contribution in [0.4, 0.5) is 5.69 Å². The summed E-state index contributed by atoms with van der Waals surface area (Å²) in [6.07, 6.45) is 2.91. The molecule has 0 atom stereocenters. The number of H-pyrrole nitrogens is 1. The third kappa shape index (κ3) is 4.04. The second-order valence-electron chi connectivity index (χ2n) is 5.72. The highest BCUT2D eigenvalue weighted by molar-refractivity contribution is 7.73. The van der Waals surface area contributed by atoms with Crippen LogP contribution >= 0.6 is 23.6 Å². The number of amides is 1. The number of thiazole rings is 1. The fourth-order valence-corrected chi connectivity index (χ4v) is 3.63. The second-order valence-corrected chi connectivity index (χ2v) is 7.49. The topological polar surface area (TPSA) is 62.7 Å². The predicted octanol–water partition coefficient (Wildman–Crippen LogP) is 3.71. The number of hydrogen-bond acceptors (Lipinski definition) is 4. The molecule has 2 N–H and O–H groups in total. The minimum atomic E-state index is -0.0350. The number of anilines is 1. The van der Waals surface area contributed by atoms with Crippen LogP contribution in [0.25, 0.3) is 0 Å². The number of aromatic amines is 1. The Morgan fingerprint density at radius 3 is 2.82 bits per heavy atom. The molecule has 0 aliphatic rings. The third-order valence-corrected chi connectivity index (χ3v) is 4.68. The lowest BCUT2D eigenvalue weighted by molar-refractivity contribution is -0.115. The highest BCUT2D eigenvalue weighted by Crippen LogP contribution is 2.19. The van der Waals surface area contributed by atoms with E-state index < -0.39 is 0 Å². The zero-order chi connectivity index (χ0) is 16.3. The first-order valence-electron chi connectivity index (χ1n) is 7.43. The zero-order valence-corrected chi connectivity index (χ0v) is 15.0. The van der Waals surface area contributed by atoms with Gasteiger partial charge in [-0.05, 0) is 31.5 Å². The molecule has 0 saturated heterocycles. The molecule has 22 heavy (non-hydrogen) atoms. The number of aromatic nitrogens is 3. The Morgan fingerprint density at radius 2 is 2.27 bits per heavy atom. The first-order valence-corrected chi connectivity index (χ1v) is 8.66. The van der Waals surface area contributed by atoms with Gasteiger partial charge in [0.05, 0.1) is 24.0 Å². The van der Waals surface area contributed by atoms with Crippen molar-refractivity contribution in [3.8, 4) is 0 Å². The van der Waals surface area contributed by atoms with Crippen LogP contribution in [0.5, 0.6) is 0 Å². The SMILES string of the molecule is CCc1c(NC(=O)Cc2sc(=S)[nH]c2C)cnn1CC(C)C. The van der Waals surface area contributed by atoms with Crippen molar-refractivity contribution in [3.05, 3.63) is 26.4 Å². The molecule has 120 valence electrons. The van der Waals surface area contributed by atoms with Crippen molar-refractivity contribution in [3.63, 3.8) is 0 Å². The van der Waals surface area contributed by atoms with E-state index in [4.69, 9.17) is 12.2 Å². The fourth-order valence-electron chi connectivity index (χ4n) is 2.34. The summed E-state index contributed by atoms with van der Waals surface area (Å²) in [5.74, 6) is 0.482. The lowest BCUT2D eigenvalue weighted by atomic mass is 10.2. The molecule has 2 rings (SSSR count). The molecule has 0 spiro atoms. The average molecular weight is 339 g/mol. The first kappa shape index (κ1) is 16.9. The van der Waals surface area contributed by atoms with Gasteiger partial charge in [-0.25, -0.2) is 0 Å². The van der Waals surface area contributed by atoms with Gasteiger partial charge in [-0.2, -0.15) is 5.10 Å². The summed E-state index contributed by atoms with van der Waals surface area (Å²) >= 11 is 6.56. The van der Waals surface area contributed by atoms with E-state index in [-0.39, 0.29) is 5.91 Å². The molecule has 7 heteroatoms. The molecule has 2 aromatic rings. The van der Waals surface area contributed by atoms with Gasteiger partial charge in [0.15, 0.2) is 3.95 Å². The third-order valence-electron chi connectivity index (χ3n) is 3.34. The van der Waals surface area contributed by atoms with Crippen molar-refractivity contribution >= 4 is 35.1 Å². The summed E-state index contributed by atoms with van der Waals surface area (Å²) in [5, 5.41) is 7.37. The van der Waals surface area contributed by atoms with Gasteiger partial charge in [0, 0.05) is 17.1 Å². The molecule has 0 bridgehead atoms. The van der Waals surface area contributed by atoms with Gasteiger partial charge in [0.2, 0.25) is 5.91 Å². The number of hydrogen-bond donors (Lipinski definition) is 2. The van der Waals surface area contributed by atoms with Crippen LogP contribution in [0, 0.1) is 16.8 Å². The van der Waals surface area contributed by atoms with Gasteiger partial charge in [0.1, 0.15) is 0 Å². The standard InChI is InChI=1S/C15H22N4OS2/c1-5-12-11(7-16-19(12)8-9(2)3)18-14(20)6-13-10(4)17-15(21)22-13/h7,9H,5-6,8H2,1-4H3,(H,17,21)(H,18,20). The number of nitrogens with one attached hydrogen (secondary N) is 2. The molecular weight excluding hydrogens is 316 g/mol. The van der Waals surface area contributed by atoms with Crippen molar-refractivity contribution in [2.45, 2.75) is 47.1 Å². The Kier molecular flexibility index (Phi) is 5.52. The van der Waals surface area contributed by atoms with Gasteiger partial charge in [-0.15, -0.1) is 11.3 Å². The highest BCUT2D eigenvalue weighted by Gasteiger charge is 2.14. The van der Waals surface area contributed by atoms with Crippen LogP contribution in [0.3, 0.4) is 0 Å². The predicted molar refractivity (Wildman–Crippen MR) is 93.0 cm³/mol. The zero-order valence-electron chi connectivity index (χ0n) is 13.4. The van der Waals surface area contributed by atoms with Crippen molar-refractivity contribution in [1.29, 1.82) is 0 Å². The van der Waals surface area contributed by atoms with Crippen LogP contribution in [-0.2, 0) is 24.2 Å². The van der Waals surface area contributed by atoms with Crippen LogP contribution in [0.1, 0.15) is 37.0 Å². The molecule has 0 aliphatic heterocycles. The van der Waals surface area contributed by atoms with E-state index in [1.807, 2.05) is 11.6 Å². The molecule has 0 saturated carbocycles. The Hall–Kier alpha value is -1.47. The van der Waals surface area contributed by atoms with E-state index in [0.717, 1.165) is 34.9 Å². The molecule has 0 unspecified atom stereocenters. The lowest BCUT2D eigenvalue weighted by Crippen LogP contribution is -2.16. The van der Waals surface area contributed by atoms with E-state index in [9.17, 15) is 4.79 Å². The van der Waals surface area contributed by atoms with Crippen molar-refractivity contribution in [2.24, 2.45) is 5.92 Å². The Bertz CT molecular complexity index is 711. The van der Waals surface area contributed by atoms with Crippen molar-refractivity contribution in [1.82, 2.24) is 14.8 Å². The summed E-state index contributed by atoms with van der Waals surface area (Å²) in [4.78, 5) is 16.3. The molecule has 5 nitrogen and oxygen atoms in total. The van der Waals surface area contributed by atoms with Gasteiger partial charge in [-0.3, -0.25) is 9.48 Å². The van der Waals surface area contributed by atoms with Gasteiger partial charge >= 0.3 is 0 Å². The molecule has 0 aliphatic carbocycles. The van der Waals surface area contributed by atoms with Crippen LogP contribution in [0.2, 0.25) is 0 Å². The summed E-state index contributed by atoms with van der Waals surface area (Å²) in [5.41, 5.74) is 2.85. The lowest BCUT2D eigenvalue weighted by Gasteiger charge is -2.10. The van der Waals surface area contributed by atoms with Crippen LogP contribution in [-0.4, -0.2) is 20.7 Å². The number of carbonyl (C=O) groups is 1. The monoisotopic (exact) mass is 338 g/mol. The van der Waals surface area contributed by atoms with E-state index in [2.05, 4.69) is 36.2 Å². The summed E-state index contributed by atoms with van der Waals surface area (Å²) < 4.78 is 2.69. The maximum Gasteiger partial charge on any atom is 0.229 e. The molecule has 0 aromatic carbocycles. The molecule has 0 fully saturated rings. The maximum absolute atomic E-state index is 12.3. The molecule has 2 heterocycles. The minimum absolute atomic E-state index is 0.0350. The Balaban J connectivity index is 2.10. The molecule has 1 amide bonds. The first-order chi connectivity index (χ1) is 10.4. The van der Waals surface area contributed by atoms with Crippen molar-refractivity contribution < 1.29 is 4.79 Å². The van der Waals surface area contributed by atoms with Crippen LogP contribution < -0.4 is 5.32 Å². The Labute approximate surface area is 139 Å². The minimum Gasteiger partial charge on any atom is -0.341 e. The summed E-state index contributed by atoms with van der Waals surface area (Å²) in [7, 11) is 0. The second kappa shape index (κ2) is 7.19. The Morgan fingerprint density at radius 1 is 1.55 bits per heavy atom. The number of aryl methyl sites for hydroxylation is 1. The quantitative estimate of drug-likeness (QED) is 0.789. The molecule has 2 aromatic heterocycles. The largest absolute Gasteiger partial charge is 0.341 e. The smallest absolute Gasteiger partial charge is 0.229 e. The molecule has 0 radical (unpaired) electrons. The van der Waals surface area contributed by atoms with Crippen molar-refractivity contribution in [2.75, 3.05) is 5.32 Å². The summed E-state index contributed by atoms with van der Waals surface area (Å²) in [6.45, 7) is 9.18. The maximum atomic E-state index is 12.3. The number of rotatable bonds is 6. The van der Waals surface area contributed by atoms with Gasteiger partial charge in [0.25, 0.3) is 0 Å². The van der Waals surface area contributed by atoms with E-state index >= 15 is 0 Å². The highest BCUT2D eigenvalue weighted by atomic mass is 32.1. The number of carbonyl (C=O) groups excluding carboxylic acids is 1. The van der Waals surface area contributed by atoms with Gasteiger partial charge < -0.3 is 10.3 Å². The van der Waals surface area contributed by atoms with E-state index in [1.54, 1.807) is 6.20 Å². The number of nitrogens with zero attached hydrogens (tertiary/aromatic N) is 2. The normalized spacial score (nSPS) is 11.1. The fraction of sp³-hybridized carbons (Fsp3) is 0.533. The average Bonchev–Trinajstić information content (AvgIpc) is 2.92. The van der Waals surface area contributed by atoms with Crippen LogP contribution in [0.15, 0.2) is 6.20 Å². The molecular formula is C15H22N4OS2. The van der Waals surface area contributed by atoms with Gasteiger partial charge in [-0.1, -0.05) is 20.8 Å². The van der Waals surface area contributed by atoms with E-state index in [1.165, 1.54) is 11.3 Å². The van der Waals surface area contributed by atoms with E-state index in [0.29, 0.717) is 16.3 Å².